The molecule has 0 atom stereocenters. The Hall–Kier alpha value is -2.16. The maximum atomic E-state index is 12.9. The standard InChI is InChI=1S/C19H20ClFN2O4S/c20-17-9-6-15(12-18(17)28(25,26)23-10-2-1-3-11-23)22-19(24)13-27-16-7-4-14(21)5-8-16/h4-9,12H,1-3,10-11,13H2,(H,22,24). The molecule has 0 unspecified atom stereocenters. The maximum absolute atomic E-state index is 12.9. The number of hydrogen-bond acceptors (Lipinski definition) is 4. The summed E-state index contributed by atoms with van der Waals surface area (Å²) in [6.45, 7) is 0.615. The van der Waals surface area contributed by atoms with Crippen LogP contribution in [0.1, 0.15) is 19.3 Å². The Morgan fingerprint density at radius 1 is 1.11 bits per heavy atom. The monoisotopic (exact) mass is 426 g/mol. The number of nitrogens with one attached hydrogen (secondary N) is 1. The van der Waals surface area contributed by atoms with Crippen LogP contribution in [0.15, 0.2) is 47.4 Å². The smallest absolute Gasteiger partial charge is 0.262 e. The van der Waals surface area contributed by atoms with Crippen molar-refractivity contribution in [3.63, 3.8) is 0 Å². The van der Waals surface area contributed by atoms with E-state index in [-0.39, 0.29) is 16.5 Å². The lowest BCUT2D eigenvalue weighted by molar-refractivity contribution is -0.118. The quantitative estimate of drug-likeness (QED) is 0.764. The Bertz CT molecular complexity index is 945. The van der Waals surface area contributed by atoms with Gasteiger partial charge in [0.05, 0.1) is 5.02 Å². The number of nitrogens with zero attached hydrogens (tertiary/aromatic N) is 1. The molecule has 2 aromatic carbocycles. The molecule has 1 heterocycles. The Labute approximate surface area is 168 Å². The third-order valence-corrected chi connectivity index (χ3v) is 6.71. The van der Waals surface area contributed by atoms with Crippen LogP contribution in [0.3, 0.4) is 0 Å². The number of piperidine rings is 1. The minimum absolute atomic E-state index is 0.0340. The molecule has 28 heavy (non-hydrogen) atoms. The average Bonchev–Trinajstić information content (AvgIpc) is 2.69. The van der Waals surface area contributed by atoms with Crippen LogP contribution in [0.2, 0.25) is 5.02 Å². The van der Waals surface area contributed by atoms with Gasteiger partial charge in [-0.2, -0.15) is 4.31 Å². The van der Waals surface area contributed by atoms with Gasteiger partial charge in [-0.15, -0.1) is 0 Å². The number of halogens is 2. The van der Waals surface area contributed by atoms with Crippen LogP contribution < -0.4 is 10.1 Å². The van der Waals surface area contributed by atoms with E-state index in [1.165, 1.54) is 46.8 Å². The Balaban J connectivity index is 1.68. The molecule has 1 fully saturated rings. The highest BCUT2D eigenvalue weighted by Crippen LogP contribution is 2.29. The van der Waals surface area contributed by atoms with Crippen molar-refractivity contribution in [3.05, 3.63) is 53.3 Å². The Morgan fingerprint density at radius 2 is 1.79 bits per heavy atom. The maximum Gasteiger partial charge on any atom is 0.262 e. The summed E-state index contributed by atoms with van der Waals surface area (Å²) in [6.07, 6.45) is 2.63. The SMILES string of the molecule is O=C(COc1ccc(F)cc1)Nc1ccc(Cl)c(S(=O)(=O)N2CCCCC2)c1. The number of carbonyl (C=O) groups is 1. The minimum atomic E-state index is -3.73. The summed E-state index contributed by atoms with van der Waals surface area (Å²) in [7, 11) is -3.73. The van der Waals surface area contributed by atoms with E-state index in [1.807, 2.05) is 0 Å². The Kier molecular flexibility index (Phi) is 6.53. The normalized spacial score (nSPS) is 15.2. The molecule has 1 saturated heterocycles. The molecule has 9 heteroatoms. The van der Waals surface area contributed by atoms with Crippen LogP contribution in [0, 0.1) is 5.82 Å². The van der Waals surface area contributed by atoms with Gasteiger partial charge in [-0.3, -0.25) is 4.79 Å². The Morgan fingerprint density at radius 3 is 2.46 bits per heavy atom. The molecule has 0 aromatic heterocycles. The zero-order valence-electron chi connectivity index (χ0n) is 15.0. The highest BCUT2D eigenvalue weighted by atomic mass is 35.5. The zero-order chi connectivity index (χ0) is 20.1. The van der Waals surface area contributed by atoms with E-state index >= 15 is 0 Å². The van der Waals surface area contributed by atoms with Crippen molar-refractivity contribution in [1.29, 1.82) is 0 Å². The molecule has 1 N–H and O–H groups in total. The van der Waals surface area contributed by atoms with Crippen molar-refractivity contribution in [2.75, 3.05) is 25.0 Å². The van der Waals surface area contributed by atoms with Crippen LogP contribution in [0.25, 0.3) is 0 Å². The first kappa shape index (κ1) is 20.6. The van der Waals surface area contributed by atoms with E-state index in [9.17, 15) is 17.6 Å². The number of sulfonamides is 1. The number of carbonyl (C=O) groups excluding carboxylic acids is 1. The van der Waals surface area contributed by atoms with Crippen LogP contribution in [0.5, 0.6) is 5.75 Å². The number of rotatable bonds is 6. The first-order chi connectivity index (χ1) is 13.4. The fraction of sp³-hybridized carbons (Fsp3) is 0.316. The van der Waals surface area contributed by atoms with Crippen LogP contribution in [-0.2, 0) is 14.8 Å². The predicted molar refractivity (Wildman–Crippen MR) is 105 cm³/mol. The van der Waals surface area contributed by atoms with Crippen molar-refractivity contribution < 1.29 is 22.3 Å². The van der Waals surface area contributed by atoms with Gasteiger partial charge in [0.1, 0.15) is 16.5 Å². The van der Waals surface area contributed by atoms with E-state index in [2.05, 4.69) is 5.32 Å². The fourth-order valence-corrected chi connectivity index (χ4v) is 4.92. The largest absolute Gasteiger partial charge is 0.484 e. The summed E-state index contributed by atoms with van der Waals surface area (Å²) in [5.74, 6) is -0.533. The third-order valence-electron chi connectivity index (χ3n) is 4.33. The van der Waals surface area contributed by atoms with Crippen molar-refractivity contribution in [2.24, 2.45) is 0 Å². The number of benzene rings is 2. The van der Waals surface area contributed by atoms with Gasteiger partial charge in [-0.1, -0.05) is 18.0 Å². The van der Waals surface area contributed by atoms with E-state index in [4.69, 9.17) is 16.3 Å². The topological polar surface area (TPSA) is 75.7 Å². The highest BCUT2D eigenvalue weighted by Gasteiger charge is 2.28. The molecule has 6 nitrogen and oxygen atoms in total. The molecule has 0 spiro atoms. The van der Waals surface area contributed by atoms with Crippen LogP contribution in [-0.4, -0.2) is 38.3 Å². The predicted octanol–water partition coefficient (Wildman–Crippen LogP) is 3.67. The van der Waals surface area contributed by atoms with Crippen molar-refractivity contribution >= 4 is 33.2 Å². The van der Waals surface area contributed by atoms with E-state index in [0.717, 1.165) is 19.3 Å². The van der Waals surface area contributed by atoms with Crippen molar-refractivity contribution in [3.8, 4) is 5.75 Å². The number of hydrogen-bond donors (Lipinski definition) is 1. The first-order valence-corrected chi connectivity index (χ1v) is 10.7. The average molecular weight is 427 g/mol. The van der Waals surface area contributed by atoms with Crippen LogP contribution >= 0.6 is 11.6 Å². The minimum Gasteiger partial charge on any atom is -0.484 e. The second-order valence-electron chi connectivity index (χ2n) is 6.40. The summed E-state index contributed by atoms with van der Waals surface area (Å²) >= 11 is 6.12. The van der Waals surface area contributed by atoms with Gasteiger partial charge in [-0.05, 0) is 55.3 Å². The van der Waals surface area contributed by atoms with Gasteiger partial charge in [0.2, 0.25) is 10.0 Å². The van der Waals surface area contributed by atoms with Gasteiger partial charge in [0.15, 0.2) is 6.61 Å². The second kappa shape index (κ2) is 8.89. The van der Waals surface area contributed by atoms with Gasteiger partial charge in [-0.25, -0.2) is 12.8 Å². The molecule has 1 amide bonds. The summed E-state index contributed by atoms with van der Waals surface area (Å²) < 4.78 is 45.3. The second-order valence-corrected chi connectivity index (χ2v) is 8.71. The molecule has 0 aliphatic carbocycles. The third kappa shape index (κ3) is 5.01. The van der Waals surface area contributed by atoms with Gasteiger partial charge in [0.25, 0.3) is 5.91 Å². The summed E-state index contributed by atoms with van der Waals surface area (Å²) in [5.41, 5.74) is 0.299. The number of ether oxygens (including phenoxy) is 1. The van der Waals surface area contributed by atoms with Crippen LogP contribution in [0.4, 0.5) is 10.1 Å². The molecule has 3 rings (SSSR count). The molecule has 1 aliphatic heterocycles. The summed E-state index contributed by atoms with van der Waals surface area (Å²) in [4.78, 5) is 12.1. The molecule has 150 valence electrons. The lowest BCUT2D eigenvalue weighted by Crippen LogP contribution is -2.35. The van der Waals surface area contributed by atoms with Crippen molar-refractivity contribution in [1.82, 2.24) is 4.31 Å². The van der Waals surface area contributed by atoms with Gasteiger partial charge >= 0.3 is 0 Å². The van der Waals surface area contributed by atoms with Crippen molar-refractivity contribution in [2.45, 2.75) is 24.2 Å². The summed E-state index contributed by atoms with van der Waals surface area (Å²) in [5, 5.41) is 2.69. The molecule has 1 aliphatic rings. The molecular weight excluding hydrogens is 407 g/mol. The van der Waals surface area contributed by atoms with E-state index < -0.39 is 21.7 Å². The molecule has 2 aromatic rings. The molecular formula is C19H20ClFN2O4S. The lowest BCUT2D eigenvalue weighted by Gasteiger charge is -2.26. The highest BCUT2D eigenvalue weighted by molar-refractivity contribution is 7.89. The van der Waals surface area contributed by atoms with E-state index in [0.29, 0.717) is 24.5 Å². The molecule has 0 radical (unpaired) electrons. The van der Waals surface area contributed by atoms with Gasteiger partial charge in [0, 0.05) is 18.8 Å². The molecule has 0 bridgehead atoms. The number of amides is 1. The lowest BCUT2D eigenvalue weighted by atomic mass is 10.2. The summed E-state index contributed by atoms with van der Waals surface area (Å²) in [6, 6.07) is 9.58. The van der Waals surface area contributed by atoms with E-state index in [1.54, 1.807) is 0 Å². The van der Waals surface area contributed by atoms with Gasteiger partial charge < -0.3 is 10.1 Å². The fourth-order valence-electron chi connectivity index (χ4n) is 2.90. The zero-order valence-corrected chi connectivity index (χ0v) is 16.6. The molecule has 0 saturated carbocycles. The first-order valence-electron chi connectivity index (χ1n) is 8.84. The number of anilines is 1.